The Morgan fingerprint density at radius 1 is 1.25 bits per heavy atom. The number of ether oxygens (including phenoxy) is 1. The van der Waals surface area contributed by atoms with Gasteiger partial charge >= 0.3 is 0 Å². The van der Waals surface area contributed by atoms with Crippen LogP contribution in [0.1, 0.15) is 30.9 Å². The largest absolute Gasteiger partial charge is 0.370 e. The number of sulfonamides is 1. The first-order valence-corrected chi connectivity index (χ1v) is 11.3. The fourth-order valence-corrected chi connectivity index (χ4v) is 5.57. The molecular weight excluding hydrogens is 388 g/mol. The summed E-state index contributed by atoms with van der Waals surface area (Å²) in [6.45, 7) is 2.10. The van der Waals surface area contributed by atoms with Gasteiger partial charge in [0.05, 0.1) is 12.9 Å². The first kappa shape index (κ1) is 19.8. The lowest BCUT2D eigenvalue weighted by Gasteiger charge is -2.39. The quantitative estimate of drug-likeness (QED) is 0.817. The zero-order chi connectivity index (χ0) is 20.1. The van der Waals surface area contributed by atoms with Gasteiger partial charge in [0.2, 0.25) is 10.0 Å². The number of nitrogens with two attached hydrogens (primary N) is 1. The molecule has 0 aromatic heterocycles. The van der Waals surface area contributed by atoms with E-state index >= 15 is 0 Å². The third-order valence-electron chi connectivity index (χ3n) is 5.88. The molecular formula is C19H25F2N3O3S. The van der Waals surface area contributed by atoms with Gasteiger partial charge in [0, 0.05) is 43.0 Å². The Bertz CT molecular complexity index is 906. The van der Waals surface area contributed by atoms with Crippen molar-refractivity contribution in [2.24, 2.45) is 5.73 Å². The summed E-state index contributed by atoms with van der Waals surface area (Å²) in [6, 6.07) is 2.84. The maximum absolute atomic E-state index is 14.1. The van der Waals surface area contributed by atoms with Crippen molar-refractivity contribution in [2.45, 2.75) is 37.5 Å². The standard InChI is InChI=1S/C19H25F2N3O3S/c1-28(25,26)24-6-2-3-12-9-23(10-18(12)24)14-8-17(22)19(27-11-14)15-7-13(20)4-5-16(15)21/h4-5,7,14,17,19H,2-3,6,8-11,22H2,1H3. The molecule has 0 aliphatic carbocycles. The second kappa shape index (κ2) is 7.37. The average molecular weight is 413 g/mol. The highest BCUT2D eigenvalue weighted by atomic mass is 32.2. The maximum atomic E-state index is 14.1. The Kier molecular flexibility index (Phi) is 5.20. The van der Waals surface area contributed by atoms with E-state index in [0.29, 0.717) is 32.7 Å². The zero-order valence-corrected chi connectivity index (χ0v) is 16.6. The lowest BCUT2D eigenvalue weighted by atomic mass is 9.93. The number of benzene rings is 1. The fraction of sp³-hybridized carbons (Fsp3) is 0.579. The fourth-order valence-electron chi connectivity index (χ4n) is 4.52. The Morgan fingerprint density at radius 3 is 2.75 bits per heavy atom. The Labute approximate surface area is 164 Å². The minimum atomic E-state index is -3.28. The van der Waals surface area contributed by atoms with E-state index in [1.165, 1.54) is 10.6 Å². The highest BCUT2D eigenvalue weighted by Gasteiger charge is 2.39. The van der Waals surface area contributed by atoms with Crippen LogP contribution in [-0.2, 0) is 14.8 Å². The molecule has 3 atom stereocenters. The predicted molar refractivity (Wildman–Crippen MR) is 101 cm³/mol. The van der Waals surface area contributed by atoms with Crippen LogP contribution in [0.15, 0.2) is 29.5 Å². The van der Waals surface area contributed by atoms with Crippen LogP contribution >= 0.6 is 0 Å². The third-order valence-corrected chi connectivity index (χ3v) is 7.08. The number of halogens is 2. The molecule has 1 fully saturated rings. The van der Waals surface area contributed by atoms with Gasteiger partial charge in [-0.05, 0) is 43.0 Å². The van der Waals surface area contributed by atoms with Crippen molar-refractivity contribution in [1.82, 2.24) is 9.21 Å². The van der Waals surface area contributed by atoms with E-state index in [2.05, 4.69) is 4.90 Å². The van der Waals surface area contributed by atoms with Gasteiger partial charge < -0.3 is 10.5 Å². The number of hydrogen-bond acceptors (Lipinski definition) is 5. The van der Waals surface area contributed by atoms with Crippen LogP contribution < -0.4 is 5.73 Å². The SMILES string of the molecule is CS(=O)(=O)N1CCCC2=C1CN(C1COC(c3cc(F)ccc3F)C(N)C1)C2. The van der Waals surface area contributed by atoms with Gasteiger partial charge in [0.25, 0.3) is 0 Å². The van der Waals surface area contributed by atoms with Crippen LogP contribution in [0.4, 0.5) is 8.78 Å². The summed E-state index contributed by atoms with van der Waals surface area (Å²) in [5, 5.41) is 0. The molecule has 2 N–H and O–H groups in total. The van der Waals surface area contributed by atoms with Gasteiger partial charge in [-0.15, -0.1) is 0 Å². The molecule has 154 valence electrons. The molecule has 0 radical (unpaired) electrons. The van der Waals surface area contributed by atoms with Crippen molar-refractivity contribution in [2.75, 3.05) is 32.5 Å². The van der Waals surface area contributed by atoms with Crippen molar-refractivity contribution in [3.63, 3.8) is 0 Å². The molecule has 3 heterocycles. The van der Waals surface area contributed by atoms with E-state index in [1.54, 1.807) is 0 Å². The Morgan fingerprint density at radius 2 is 2.04 bits per heavy atom. The summed E-state index contributed by atoms with van der Waals surface area (Å²) in [4.78, 5) is 2.19. The van der Waals surface area contributed by atoms with Crippen molar-refractivity contribution in [3.05, 3.63) is 46.7 Å². The van der Waals surface area contributed by atoms with E-state index in [9.17, 15) is 17.2 Å². The number of rotatable bonds is 3. The second-order valence-electron chi connectivity index (χ2n) is 7.87. The van der Waals surface area contributed by atoms with E-state index in [0.717, 1.165) is 42.3 Å². The van der Waals surface area contributed by atoms with E-state index in [1.807, 2.05) is 0 Å². The van der Waals surface area contributed by atoms with Crippen molar-refractivity contribution < 1.29 is 21.9 Å². The van der Waals surface area contributed by atoms with E-state index < -0.39 is 33.8 Å². The molecule has 9 heteroatoms. The van der Waals surface area contributed by atoms with Crippen LogP contribution in [0.3, 0.4) is 0 Å². The van der Waals surface area contributed by atoms with Gasteiger partial charge in [-0.1, -0.05) is 0 Å². The van der Waals surface area contributed by atoms with Gasteiger partial charge in [0.1, 0.15) is 17.7 Å². The molecule has 6 nitrogen and oxygen atoms in total. The topological polar surface area (TPSA) is 75.9 Å². The predicted octanol–water partition coefficient (Wildman–Crippen LogP) is 1.75. The normalized spacial score (nSPS) is 29.3. The van der Waals surface area contributed by atoms with Crippen LogP contribution in [-0.4, -0.2) is 62.2 Å². The lowest BCUT2D eigenvalue weighted by molar-refractivity contribution is -0.0467. The smallest absolute Gasteiger partial charge is 0.232 e. The van der Waals surface area contributed by atoms with Gasteiger partial charge in [-0.3, -0.25) is 9.21 Å². The first-order chi connectivity index (χ1) is 13.2. The van der Waals surface area contributed by atoms with Crippen LogP contribution in [0, 0.1) is 11.6 Å². The summed E-state index contributed by atoms with van der Waals surface area (Å²) < 4.78 is 59.2. The van der Waals surface area contributed by atoms with E-state index in [-0.39, 0.29) is 11.6 Å². The molecule has 0 spiro atoms. The van der Waals surface area contributed by atoms with Crippen LogP contribution in [0.25, 0.3) is 0 Å². The molecule has 4 rings (SSSR count). The molecule has 1 saturated heterocycles. The van der Waals surface area contributed by atoms with Crippen molar-refractivity contribution in [1.29, 1.82) is 0 Å². The van der Waals surface area contributed by atoms with Crippen molar-refractivity contribution >= 4 is 10.0 Å². The second-order valence-corrected chi connectivity index (χ2v) is 9.77. The van der Waals surface area contributed by atoms with Crippen molar-refractivity contribution in [3.8, 4) is 0 Å². The van der Waals surface area contributed by atoms with Crippen LogP contribution in [0.5, 0.6) is 0 Å². The average Bonchev–Trinajstić information content (AvgIpc) is 3.07. The summed E-state index contributed by atoms with van der Waals surface area (Å²) in [7, 11) is -3.28. The molecule has 0 bridgehead atoms. The molecule has 1 aromatic carbocycles. The molecule has 3 aliphatic heterocycles. The van der Waals surface area contributed by atoms with Gasteiger partial charge in [-0.2, -0.15) is 0 Å². The van der Waals surface area contributed by atoms with Gasteiger partial charge in [0.15, 0.2) is 0 Å². The molecule has 1 aromatic rings. The first-order valence-electron chi connectivity index (χ1n) is 9.49. The minimum absolute atomic E-state index is 0.00915. The summed E-state index contributed by atoms with van der Waals surface area (Å²) >= 11 is 0. The molecule has 28 heavy (non-hydrogen) atoms. The molecule has 0 amide bonds. The number of hydrogen-bond donors (Lipinski definition) is 1. The highest BCUT2D eigenvalue weighted by molar-refractivity contribution is 7.88. The lowest BCUT2D eigenvalue weighted by Crippen LogP contribution is -2.49. The zero-order valence-electron chi connectivity index (χ0n) is 15.8. The Hall–Kier alpha value is -1.55. The third kappa shape index (κ3) is 3.68. The summed E-state index contributed by atoms with van der Waals surface area (Å²) in [5.41, 5.74) is 8.45. The maximum Gasteiger partial charge on any atom is 0.232 e. The highest BCUT2D eigenvalue weighted by Crippen LogP contribution is 2.36. The molecule has 3 aliphatic rings. The van der Waals surface area contributed by atoms with Gasteiger partial charge in [-0.25, -0.2) is 17.2 Å². The van der Waals surface area contributed by atoms with Crippen LogP contribution in [0.2, 0.25) is 0 Å². The molecule has 0 saturated carbocycles. The molecule has 3 unspecified atom stereocenters. The monoisotopic (exact) mass is 413 g/mol. The number of nitrogens with zero attached hydrogens (tertiary/aromatic N) is 2. The Balaban J connectivity index is 1.45. The summed E-state index contributed by atoms with van der Waals surface area (Å²) in [5.74, 6) is -1.05. The van der Waals surface area contributed by atoms with E-state index in [4.69, 9.17) is 10.5 Å². The minimum Gasteiger partial charge on any atom is -0.370 e. The summed E-state index contributed by atoms with van der Waals surface area (Å²) in [6.07, 6.45) is 2.84.